The number of rotatable bonds is 5. The molecule has 0 atom stereocenters. The molecule has 0 saturated heterocycles. The largest absolute Gasteiger partial charge is 0.465 e. The Kier molecular flexibility index (Phi) is 4.73. The summed E-state index contributed by atoms with van der Waals surface area (Å²) in [4.78, 5) is 23.0. The molecule has 0 spiro atoms. The molecule has 10 heteroatoms. The fourth-order valence-electron chi connectivity index (χ4n) is 2.09. The van der Waals surface area contributed by atoms with Crippen LogP contribution in [0, 0.1) is 5.82 Å². The summed E-state index contributed by atoms with van der Waals surface area (Å²) in [7, 11) is -2.65. The van der Waals surface area contributed by atoms with Crippen LogP contribution < -0.4 is 13.9 Å². The highest BCUT2D eigenvalue weighted by molar-refractivity contribution is 7.94. The van der Waals surface area contributed by atoms with Crippen molar-refractivity contribution in [1.29, 1.82) is 0 Å². The summed E-state index contributed by atoms with van der Waals surface area (Å²) >= 11 is 0. The lowest BCUT2D eigenvalue weighted by Crippen LogP contribution is -2.43. The predicted octanol–water partition coefficient (Wildman–Crippen LogP) is 0.00600. The summed E-state index contributed by atoms with van der Waals surface area (Å²) in [5.74, 6) is -1.95. The maximum atomic E-state index is 13.4. The third-order valence-electron chi connectivity index (χ3n) is 3.19. The van der Waals surface area contributed by atoms with Gasteiger partial charge in [-0.2, -0.15) is 8.42 Å². The minimum absolute atomic E-state index is 0.0683. The molecule has 23 heavy (non-hydrogen) atoms. The smallest absolute Gasteiger partial charge is 0.326 e. The molecule has 0 aliphatic carbocycles. The molecule has 1 aromatic carbocycles. The summed E-state index contributed by atoms with van der Waals surface area (Å²) in [6.45, 7) is 0.861. The molecule has 0 aromatic heterocycles. The molecule has 0 fully saturated rings. The third kappa shape index (κ3) is 3.36. The molecule has 1 aliphatic rings. The van der Waals surface area contributed by atoms with Gasteiger partial charge in [0, 0.05) is 13.1 Å². The molecule has 126 valence electrons. The average molecular weight is 345 g/mol. The van der Waals surface area contributed by atoms with Gasteiger partial charge in [0.05, 0.1) is 18.0 Å². The van der Waals surface area contributed by atoms with Crippen LogP contribution in [0.25, 0.3) is 0 Å². The molecule has 0 radical (unpaired) electrons. The van der Waals surface area contributed by atoms with E-state index in [9.17, 15) is 22.4 Å². The van der Waals surface area contributed by atoms with Crippen LogP contribution in [0.5, 0.6) is 0 Å². The lowest BCUT2D eigenvalue weighted by atomic mass is 10.2. The van der Waals surface area contributed by atoms with Gasteiger partial charge in [0.2, 0.25) is 5.91 Å². The van der Waals surface area contributed by atoms with Gasteiger partial charge in [0.1, 0.15) is 18.9 Å². The van der Waals surface area contributed by atoms with Crippen molar-refractivity contribution in [2.24, 2.45) is 0 Å². The zero-order valence-corrected chi connectivity index (χ0v) is 13.4. The normalized spacial score (nSPS) is 15.3. The van der Waals surface area contributed by atoms with Crippen molar-refractivity contribution < 1.29 is 27.1 Å². The number of nitrogens with zero attached hydrogens (tertiary/aromatic N) is 2. The van der Waals surface area contributed by atoms with E-state index >= 15 is 0 Å². The highest BCUT2D eigenvalue weighted by Gasteiger charge is 2.39. The van der Waals surface area contributed by atoms with Crippen molar-refractivity contribution in [2.75, 3.05) is 35.4 Å². The Hall–Kier alpha value is -2.36. The minimum Gasteiger partial charge on any atom is -0.465 e. The van der Waals surface area contributed by atoms with Crippen LogP contribution in [0.3, 0.4) is 0 Å². The number of hydrogen-bond acceptors (Lipinski definition) is 5. The van der Waals surface area contributed by atoms with Gasteiger partial charge in [-0.25, -0.2) is 8.70 Å². The number of benzene rings is 1. The summed E-state index contributed by atoms with van der Waals surface area (Å²) in [5.41, 5.74) is 0.336. The molecule has 2 rings (SSSR count). The van der Waals surface area contributed by atoms with E-state index in [0.717, 1.165) is 20.7 Å². The molecule has 8 nitrogen and oxygen atoms in total. The molecule has 1 heterocycles. The van der Waals surface area contributed by atoms with Crippen LogP contribution in [0.2, 0.25) is 0 Å². The average Bonchev–Trinajstić information content (AvgIpc) is 2.66. The maximum Gasteiger partial charge on any atom is 0.326 e. The number of ether oxygens (including phenoxy) is 1. The second kappa shape index (κ2) is 6.41. The van der Waals surface area contributed by atoms with E-state index in [1.165, 1.54) is 13.1 Å². The fourth-order valence-corrected chi connectivity index (χ4v) is 3.47. The molecule has 1 N–H and O–H groups in total. The van der Waals surface area contributed by atoms with Crippen LogP contribution in [0.4, 0.5) is 15.8 Å². The molecule has 0 unspecified atom stereocenters. The number of nitrogens with one attached hydrogen (secondary N) is 1. The molecular formula is C13H16FN3O5S. The van der Waals surface area contributed by atoms with Crippen LogP contribution >= 0.6 is 0 Å². The Morgan fingerprint density at radius 1 is 1.30 bits per heavy atom. The van der Waals surface area contributed by atoms with Crippen molar-refractivity contribution in [2.45, 2.75) is 6.92 Å². The Morgan fingerprint density at radius 3 is 2.65 bits per heavy atom. The Balaban J connectivity index is 2.15. The number of carbonyl (C=O) groups is 2. The Bertz CT molecular complexity index is 737. The quantitative estimate of drug-likeness (QED) is 0.758. The second-order valence-corrected chi connectivity index (χ2v) is 6.58. The van der Waals surface area contributed by atoms with Gasteiger partial charge >= 0.3 is 16.2 Å². The zero-order valence-electron chi connectivity index (χ0n) is 12.6. The third-order valence-corrected chi connectivity index (χ3v) is 4.96. The highest BCUT2D eigenvalue weighted by atomic mass is 32.2. The monoisotopic (exact) mass is 345 g/mol. The van der Waals surface area contributed by atoms with E-state index in [1.807, 2.05) is 0 Å². The van der Waals surface area contributed by atoms with Gasteiger partial charge in [-0.3, -0.25) is 13.9 Å². The summed E-state index contributed by atoms with van der Waals surface area (Å²) < 4.78 is 44.4. The minimum atomic E-state index is -3.96. The first-order chi connectivity index (χ1) is 10.8. The number of hydrogen-bond donors (Lipinski definition) is 1. The molecule has 0 saturated carbocycles. The van der Waals surface area contributed by atoms with E-state index in [4.69, 9.17) is 0 Å². The van der Waals surface area contributed by atoms with Gasteiger partial charge in [0.25, 0.3) is 0 Å². The van der Waals surface area contributed by atoms with E-state index < -0.39 is 34.4 Å². The van der Waals surface area contributed by atoms with Crippen molar-refractivity contribution in [3.05, 3.63) is 24.0 Å². The predicted molar refractivity (Wildman–Crippen MR) is 80.7 cm³/mol. The van der Waals surface area contributed by atoms with E-state index in [0.29, 0.717) is 0 Å². The topological polar surface area (TPSA) is 96.0 Å². The Labute approximate surface area is 133 Å². The Morgan fingerprint density at radius 2 is 2.00 bits per heavy atom. The van der Waals surface area contributed by atoms with Crippen LogP contribution in [0.1, 0.15) is 6.92 Å². The number of anilines is 2. The fraction of sp³-hybridized carbons (Fsp3) is 0.385. The number of amides is 1. The number of esters is 1. The van der Waals surface area contributed by atoms with Crippen molar-refractivity contribution >= 4 is 33.5 Å². The zero-order chi connectivity index (χ0) is 17.2. The van der Waals surface area contributed by atoms with E-state index in [2.05, 4.69) is 10.1 Å². The first-order valence-corrected chi connectivity index (χ1v) is 8.15. The van der Waals surface area contributed by atoms with Crippen LogP contribution in [-0.4, -0.2) is 47.0 Å². The highest BCUT2D eigenvalue weighted by Crippen LogP contribution is 2.39. The summed E-state index contributed by atoms with van der Waals surface area (Å²) in [6, 6.07) is 3.49. The lowest BCUT2D eigenvalue weighted by molar-refractivity contribution is -0.143. The van der Waals surface area contributed by atoms with Gasteiger partial charge in [-0.1, -0.05) is 0 Å². The number of halogens is 1. The molecule has 1 aromatic rings. The lowest BCUT2D eigenvalue weighted by Gasteiger charge is -2.18. The van der Waals surface area contributed by atoms with Crippen LogP contribution in [-0.2, 0) is 24.5 Å². The van der Waals surface area contributed by atoms with E-state index in [1.54, 1.807) is 6.92 Å². The molecule has 1 aliphatic heterocycles. The summed E-state index contributed by atoms with van der Waals surface area (Å²) in [6.07, 6.45) is 0. The van der Waals surface area contributed by atoms with Crippen molar-refractivity contribution in [3.8, 4) is 0 Å². The SMILES string of the molecule is CCOC(=O)CNC(=O)CN1c2cc(F)ccc2N(C)S1(=O)=O. The standard InChI is InChI=1S/C13H16FN3O5S/c1-3-22-13(19)7-15-12(18)8-17-11-6-9(14)4-5-10(11)16(2)23(17,20)21/h4-6H,3,7-8H2,1-2H3,(H,15,18). The first-order valence-electron chi connectivity index (χ1n) is 6.75. The van der Waals surface area contributed by atoms with Gasteiger partial charge in [-0.15, -0.1) is 0 Å². The van der Waals surface area contributed by atoms with Gasteiger partial charge in [0.15, 0.2) is 0 Å². The second-order valence-electron chi connectivity index (χ2n) is 4.70. The number of carbonyl (C=O) groups excluding carboxylic acids is 2. The first kappa shape index (κ1) is 17.0. The summed E-state index contributed by atoms with van der Waals surface area (Å²) in [5, 5.41) is 2.26. The van der Waals surface area contributed by atoms with E-state index in [-0.39, 0.29) is 24.5 Å². The molecular weight excluding hydrogens is 329 g/mol. The van der Waals surface area contributed by atoms with Crippen molar-refractivity contribution in [1.82, 2.24) is 5.32 Å². The van der Waals surface area contributed by atoms with Crippen molar-refractivity contribution in [3.63, 3.8) is 0 Å². The molecule has 0 bridgehead atoms. The molecule has 1 amide bonds. The number of fused-ring (bicyclic) bond motifs is 1. The van der Waals surface area contributed by atoms with Gasteiger partial charge in [-0.05, 0) is 19.1 Å². The van der Waals surface area contributed by atoms with Gasteiger partial charge < -0.3 is 10.1 Å². The maximum absolute atomic E-state index is 13.4. The van der Waals surface area contributed by atoms with Crippen LogP contribution in [0.15, 0.2) is 18.2 Å².